The third-order valence-electron chi connectivity index (χ3n) is 4.77. The third kappa shape index (κ3) is 5.65. The Morgan fingerprint density at radius 3 is 2.56 bits per heavy atom. The molecule has 0 aliphatic heterocycles. The van der Waals surface area contributed by atoms with E-state index in [4.69, 9.17) is 0 Å². The van der Waals surface area contributed by atoms with Crippen LogP contribution in [-0.4, -0.2) is 38.2 Å². The first-order valence-electron chi connectivity index (χ1n) is 9.27. The van der Waals surface area contributed by atoms with Gasteiger partial charge in [0.1, 0.15) is 5.82 Å². The molecule has 0 N–H and O–H groups in total. The summed E-state index contributed by atoms with van der Waals surface area (Å²) in [7, 11) is 4.20. The van der Waals surface area contributed by atoms with Crippen molar-refractivity contribution in [2.24, 2.45) is 7.05 Å². The molecule has 0 fully saturated rings. The van der Waals surface area contributed by atoms with Crippen LogP contribution >= 0.6 is 11.8 Å². The van der Waals surface area contributed by atoms with E-state index in [1.54, 1.807) is 11.8 Å². The van der Waals surface area contributed by atoms with Gasteiger partial charge in [-0.3, -0.25) is 9.88 Å². The van der Waals surface area contributed by atoms with Crippen molar-refractivity contribution < 1.29 is 0 Å². The highest BCUT2D eigenvalue weighted by molar-refractivity contribution is 7.98. The molecule has 0 unspecified atom stereocenters. The molecule has 0 amide bonds. The molecule has 2 heterocycles. The van der Waals surface area contributed by atoms with Crippen LogP contribution in [0.1, 0.15) is 36.2 Å². The van der Waals surface area contributed by atoms with E-state index in [1.165, 1.54) is 11.1 Å². The monoisotopic (exact) mass is 381 g/mol. The highest BCUT2D eigenvalue weighted by Gasteiger charge is 2.13. The molecule has 0 aliphatic rings. The van der Waals surface area contributed by atoms with Gasteiger partial charge in [-0.2, -0.15) is 0 Å². The Hall–Kier alpha value is -2.18. The minimum absolute atomic E-state index is 0.555. The molecule has 2 aromatic heterocycles. The Morgan fingerprint density at radius 2 is 1.81 bits per heavy atom. The number of aromatic nitrogens is 4. The molecule has 142 valence electrons. The van der Waals surface area contributed by atoms with Crippen molar-refractivity contribution in [1.29, 1.82) is 0 Å². The van der Waals surface area contributed by atoms with Gasteiger partial charge in [-0.1, -0.05) is 49.0 Å². The Bertz CT molecular complexity index is 819. The molecule has 3 aromatic rings. The van der Waals surface area contributed by atoms with Gasteiger partial charge in [-0.25, -0.2) is 0 Å². The summed E-state index contributed by atoms with van der Waals surface area (Å²) in [5.74, 6) is 2.43. The number of rotatable bonds is 9. The topological polar surface area (TPSA) is 46.8 Å². The van der Waals surface area contributed by atoms with Crippen LogP contribution in [0.5, 0.6) is 0 Å². The molecular weight excluding hydrogens is 354 g/mol. The summed E-state index contributed by atoms with van der Waals surface area (Å²) >= 11 is 1.71. The quantitative estimate of drug-likeness (QED) is 0.522. The minimum atomic E-state index is 0.555. The van der Waals surface area contributed by atoms with Gasteiger partial charge in [0.25, 0.3) is 0 Å². The van der Waals surface area contributed by atoms with Crippen LogP contribution in [-0.2, 0) is 19.3 Å². The standard InChI is InChI=1S/C21H27N5S/c1-17(19-7-5-4-6-8-19)11-14-25(2)15-20-23-24-21(26(20)3)27-16-18-9-12-22-13-10-18/h4-10,12-13,17H,11,14-16H2,1-3H3/t17-/m1/s1. The molecule has 5 nitrogen and oxygen atoms in total. The zero-order valence-electron chi connectivity index (χ0n) is 16.2. The molecule has 0 radical (unpaired) electrons. The summed E-state index contributed by atoms with van der Waals surface area (Å²) in [6, 6.07) is 14.8. The zero-order chi connectivity index (χ0) is 19.1. The SMILES string of the molecule is C[C@H](CCN(C)Cc1nnc(SCc2ccncc2)n1C)c1ccccc1. The van der Waals surface area contributed by atoms with Crippen LogP contribution in [0.2, 0.25) is 0 Å². The van der Waals surface area contributed by atoms with Crippen LogP contribution in [0.4, 0.5) is 0 Å². The highest BCUT2D eigenvalue weighted by Crippen LogP contribution is 2.22. The molecule has 1 aromatic carbocycles. The fraction of sp³-hybridized carbons (Fsp3) is 0.381. The first kappa shape index (κ1) is 19.6. The maximum absolute atomic E-state index is 4.39. The molecule has 0 aliphatic carbocycles. The van der Waals surface area contributed by atoms with Crippen molar-refractivity contribution in [1.82, 2.24) is 24.6 Å². The average Bonchev–Trinajstić information content (AvgIpc) is 3.05. The van der Waals surface area contributed by atoms with Crippen LogP contribution in [0.3, 0.4) is 0 Å². The summed E-state index contributed by atoms with van der Waals surface area (Å²) in [4.78, 5) is 6.38. The Morgan fingerprint density at radius 1 is 1.07 bits per heavy atom. The molecule has 3 rings (SSSR count). The molecule has 6 heteroatoms. The van der Waals surface area contributed by atoms with Crippen LogP contribution in [0.25, 0.3) is 0 Å². The lowest BCUT2D eigenvalue weighted by molar-refractivity contribution is 0.301. The fourth-order valence-corrected chi connectivity index (χ4v) is 3.80. The largest absolute Gasteiger partial charge is 0.308 e. The van der Waals surface area contributed by atoms with Crippen molar-refractivity contribution >= 4 is 11.8 Å². The number of pyridine rings is 1. The van der Waals surface area contributed by atoms with Crippen molar-refractivity contribution in [2.75, 3.05) is 13.6 Å². The van der Waals surface area contributed by atoms with E-state index in [2.05, 4.69) is 69.0 Å². The Balaban J connectivity index is 1.49. The highest BCUT2D eigenvalue weighted by atomic mass is 32.2. The maximum atomic E-state index is 4.39. The van der Waals surface area contributed by atoms with E-state index in [1.807, 2.05) is 31.6 Å². The number of hydrogen-bond donors (Lipinski definition) is 0. The maximum Gasteiger partial charge on any atom is 0.191 e. The summed E-state index contributed by atoms with van der Waals surface area (Å²) in [6.07, 6.45) is 4.77. The van der Waals surface area contributed by atoms with Crippen LogP contribution in [0.15, 0.2) is 60.0 Å². The number of benzene rings is 1. The van der Waals surface area contributed by atoms with E-state index in [9.17, 15) is 0 Å². The smallest absolute Gasteiger partial charge is 0.191 e. The summed E-state index contributed by atoms with van der Waals surface area (Å²) in [5, 5.41) is 9.70. The second kappa shape index (κ2) is 9.67. The Labute approximate surface area is 165 Å². The van der Waals surface area contributed by atoms with Gasteiger partial charge in [0, 0.05) is 25.2 Å². The number of hydrogen-bond acceptors (Lipinski definition) is 5. The van der Waals surface area contributed by atoms with Gasteiger partial charge in [-0.05, 0) is 49.2 Å². The lowest BCUT2D eigenvalue weighted by atomic mass is 9.98. The minimum Gasteiger partial charge on any atom is -0.308 e. The van der Waals surface area contributed by atoms with Gasteiger partial charge < -0.3 is 4.57 Å². The van der Waals surface area contributed by atoms with Gasteiger partial charge in [0.05, 0.1) is 6.54 Å². The molecule has 0 saturated carbocycles. The summed E-state index contributed by atoms with van der Waals surface area (Å²) in [6.45, 7) is 4.13. The van der Waals surface area contributed by atoms with Crippen LogP contribution in [0, 0.1) is 0 Å². The predicted octanol–water partition coefficient (Wildman–Crippen LogP) is 4.13. The van der Waals surface area contributed by atoms with Gasteiger partial charge in [0.2, 0.25) is 0 Å². The Kier molecular flexibility index (Phi) is 7.01. The van der Waals surface area contributed by atoms with Crippen molar-refractivity contribution in [3.05, 3.63) is 71.8 Å². The normalized spacial score (nSPS) is 12.4. The third-order valence-corrected chi connectivity index (χ3v) is 5.86. The number of nitrogens with zero attached hydrogens (tertiary/aromatic N) is 5. The first-order valence-corrected chi connectivity index (χ1v) is 10.3. The summed E-state index contributed by atoms with van der Waals surface area (Å²) < 4.78 is 2.10. The van der Waals surface area contributed by atoms with E-state index in [0.717, 1.165) is 36.2 Å². The van der Waals surface area contributed by atoms with Crippen molar-refractivity contribution in [2.45, 2.75) is 36.7 Å². The van der Waals surface area contributed by atoms with Gasteiger partial charge in [0.15, 0.2) is 5.16 Å². The zero-order valence-corrected chi connectivity index (χ0v) is 17.1. The van der Waals surface area contributed by atoms with Crippen molar-refractivity contribution in [3.8, 4) is 0 Å². The second-order valence-corrected chi connectivity index (χ2v) is 7.88. The van der Waals surface area contributed by atoms with Crippen molar-refractivity contribution in [3.63, 3.8) is 0 Å². The molecule has 0 spiro atoms. The number of thioether (sulfide) groups is 1. The second-order valence-electron chi connectivity index (χ2n) is 6.94. The molecule has 0 bridgehead atoms. The fourth-order valence-electron chi connectivity index (χ4n) is 2.92. The average molecular weight is 382 g/mol. The van der Waals surface area contributed by atoms with E-state index >= 15 is 0 Å². The summed E-state index contributed by atoms with van der Waals surface area (Å²) in [5.41, 5.74) is 2.64. The van der Waals surface area contributed by atoms with E-state index < -0.39 is 0 Å². The molecule has 27 heavy (non-hydrogen) atoms. The molecule has 1 atom stereocenters. The first-order chi connectivity index (χ1) is 13.1. The lowest BCUT2D eigenvalue weighted by Crippen LogP contribution is -2.22. The van der Waals surface area contributed by atoms with Gasteiger partial charge in [-0.15, -0.1) is 10.2 Å². The van der Waals surface area contributed by atoms with E-state index in [-0.39, 0.29) is 0 Å². The predicted molar refractivity (Wildman–Crippen MR) is 111 cm³/mol. The van der Waals surface area contributed by atoms with Gasteiger partial charge >= 0.3 is 0 Å². The van der Waals surface area contributed by atoms with E-state index in [0.29, 0.717) is 5.92 Å². The van der Waals surface area contributed by atoms with Crippen LogP contribution < -0.4 is 0 Å². The lowest BCUT2D eigenvalue weighted by Gasteiger charge is -2.19. The molecular formula is C21H27N5S. The molecule has 0 saturated heterocycles.